The largest absolute Gasteiger partial charge is 0.511 e. The van der Waals surface area contributed by atoms with Crippen molar-refractivity contribution in [3.8, 4) is 0 Å². The van der Waals surface area contributed by atoms with Crippen LogP contribution < -0.4 is 0 Å². The summed E-state index contributed by atoms with van der Waals surface area (Å²) < 4.78 is 21.4. The van der Waals surface area contributed by atoms with Crippen LogP contribution in [0.5, 0.6) is 0 Å². The van der Waals surface area contributed by atoms with Crippen LogP contribution in [0.3, 0.4) is 0 Å². The molecule has 3 unspecified atom stereocenters. The van der Waals surface area contributed by atoms with Crippen molar-refractivity contribution < 1.29 is 33.5 Å². The molecule has 0 radical (unpaired) electrons. The van der Waals surface area contributed by atoms with Gasteiger partial charge in [0.2, 0.25) is 6.29 Å². The molecule has 0 amide bonds. The van der Waals surface area contributed by atoms with E-state index in [2.05, 4.69) is 13.2 Å². The number of hydrogen-bond acceptors (Lipinski definition) is 7. The molecule has 1 rings (SSSR count). The fourth-order valence-electron chi connectivity index (χ4n) is 1.96. The third kappa shape index (κ3) is 5.90. The fraction of sp³-hybridized carbons (Fsp3) is 0.706. The molecule has 0 aromatic rings. The highest BCUT2D eigenvalue weighted by atomic mass is 17.4. The lowest BCUT2D eigenvalue weighted by atomic mass is 9.99. The summed E-state index contributed by atoms with van der Waals surface area (Å²) in [6, 6.07) is 0. The van der Waals surface area contributed by atoms with Crippen molar-refractivity contribution in [1.29, 1.82) is 0 Å². The lowest BCUT2D eigenvalue weighted by molar-refractivity contribution is -0.236. The SMILES string of the molecule is C=C(C)C(OC(C)OC(C)OC(=O)OC(C)(C)C)C1(C(=C)C)OO1. The summed E-state index contributed by atoms with van der Waals surface area (Å²) in [6.45, 7) is 19.7. The standard InChI is InChI=1S/C17H28O7/c1-10(2)14(17(11(3)4)23-24-17)20-12(5)19-13(6)21-15(18)22-16(7,8)9/h12-14H,1,3H2,2,4-9H3. The van der Waals surface area contributed by atoms with Crippen molar-refractivity contribution in [3.63, 3.8) is 0 Å². The molecule has 1 aliphatic rings. The molecule has 1 heterocycles. The summed E-state index contributed by atoms with van der Waals surface area (Å²) >= 11 is 0. The van der Waals surface area contributed by atoms with Crippen LogP contribution in [0.2, 0.25) is 0 Å². The summed E-state index contributed by atoms with van der Waals surface area (Å²) in [7, 11) is 0. The van der Waals surface area contributed by atoms with Gasteiger partial charge in [0.15, 0.2) is 6.29 Å². The summed E-state index contributed by atoms with van der Waals surface area (Å²) in [5.41, 5.74) is 0.700. The molecule has 0 bridgehead atoms. The Hall–Kier alpha value is -1.41. The summed E-state index contributed by atoms with van der Waals surface area (Å²) in [5, 5.41) is 0. The molecule has 0 saturated carbocycles. The first-order valence-corrected chi connectivity index (χ1v) is 7.76. The zero-order chi connectivity index (χ0) is 18.7. The van der Waals surface area contributed by atoms with E-state index in [1.54, 1.807) is 48.5 Å². The third-order valence-corrected chi connectivity index (χ3v) is 3.01. The van der Waals surface area contributed by atoms with Crippen LogP contribution in [0.25, 0.3) is 0 Å². The average Bonchev–Trinajstić information content (AvgIpc) is 3.13. The first-order chi connectivity index (χ1) is 10.9. The molecule has 0 aromatic carbocycles. The zero-order valence-corrected chi connectivity index (χ0v) is 15.5. The van der Waals surface area contributed by atoms with Crippen molar-refractivity contribution in [1.82, 2.24) is 0 Å². The van der Waals surface area contributed by atoms with Gasteiger partial charge in [0, 0.05) is 0 Å². The van der Waals surface area contributed by atoms with E-state index >= 15 is 0 Å². The van der Waals surface area contributed by atoms with Crippen molar-refractivity contribution in [3.05, 3.63) is 24.3 Å². The monoisotopic (exact) mass is 344 g/mol. The molecule has 0 aliphatic carbocycles. The summed E-state index contributed by atoms with van der Waals surface area (Å²) in [5.74, 6) is -1.04. The smallest absolute Gasteiger partial charge is 0.429 e. The molecule has 1 fully saturated rings. The van der Waals surface area contributed by atoms with Crippen molar-refractivity contribution >= 4 is 6.16 Å². The minimum absolute atomic E-state index is 0.598. The van der Waals surface area contributed by atoms with Gasteiger partial charge in [-0.1, -0.05) is 13.2 Å². The second kappa shape index (κ2) is 7.65. The van der Waals surface area contributed by atoms with E-state index < -0.39 is 36.2 Å². The van der Waals surface area contributed by atoms with Crippen LogP contribution in [-0.4, -0.2) is 36.2 Å². The van der Waals surface area contributed by atoms with Crippen LogP contribution in [0.15, 0.2) is 24.3 Å². The molecular weight excluding hydrogens is 316 g/mol. The second-order valence-corrected chi connectivity index (χ2v) is 6.83. The van der Waals surface area contributed by atoms with Crippen molar-refractivity contribution in [2.45, 2.75) is 78.5 Å². The molecule has 138 valence electrons. The fourth-order valence-corrected chi connectivity index (χ4v) is 1.96. The lowest BCUT2D eigenvalue weighted by Gasteiger charge is -2.27. The molecule has 7 heteroatoms. The minimum Gasteiger partial charge on any atom is -0.429 e. The number of rotatable bonds is 8. The third-order valence-electron chi connectivity index (χ3n) is 3.01. The zero-order valence-electron chi connectivity index (χ0n) is 15.5. The van der Waals surface area contributed by atoms with E-state index in [9.17, 15) is 4.79 Å². The maximum absolute atomic E-state index is 11.6. The van der Waals surface area contributed by atoms with Gasteiger partial charge in [0.25, 0.3) is 5.79 Å². The molecule has 3 atom stereocenters. The molecule has 0 aromatic heterocycles. The van der Waals surface area contributed by atoms with E-state index in [1.807, 2.05) is 0 Å². The lowest BCUT2D eigenvalue weighted by Crippen LogP contribution is -2.38. The van der Waals surface area contributed by atoms with Crippen LogP contribution >= 0.6 is 0 Å². The number of carbonyl (C=O) groups is 1. The molecule has 0 spiro atoms. The van der Waals surface area contributed by atoms with E-state index in [0.29, 0.717) is 11.1 Å². The predicted molar refractivity (Wildman–Crippen MR) is 86.7 cm³/mol. The topological polar surface area (TPSA) is 79.1 Å². The summed E-state index contributed by atoms with van der Waals surface area (Å²) in [4.78, 5) is 21.7. The Balaban J connectivity index is 2.54. The summed E-state index contributed by atoms with van der Waals surface area (Å²) in [6.07, 6.45) is -2.99. The van der Waals surface area contributed by atoms with Gasteiger partial charge < -0.3 is 18.9 Å². The van der Waals surface area contributed by atoms with Gasteiger partial charge in [-0.15, -0.1) is 0 Å². The van der Waals surface area contributed by atoms with Crippen molar-refractivity contribution in [2.75, 3.05) is 0 Å². The predicted octanol–water partition coefficient (Wildman–Crippen LogP) is 3.84. The van der Waals surface area contributed by atoms with Crippen LogP contribution in [0.4, 0.5) is 4.79 Å². The van der Waals surface area contributed by atoms with Gasteiger partial charge in [0.05, 0.1) is 0 Å². The van der Waals surface area contributed by atoms with Gasteiger partial charge in [-0.3, -0.25) is 0 Å². The number of carbonyl (C=O) groups excluding carboxylic acids is 1. The molecular formula is C17H28O7. The average molecular weight is 344 g/mol. The molecule has 1 saturated heterocycles. The van der Waals surface area contributed by atoms with Crippen LogP contribution in [0.1, 0.15) is 48.5 Å². The Bertz CT molecular complexity index is 488. The van der Waals surface area contributed by atoms with Gasteiger partial charge in [0.1, 0.15) is 11.7 Å². The normalized spacial score (nSPS) is 19.8. The molecule has 24 heavy (non-hydrogen) atoms. The first kappa shape index (κ1) is 20.6. The van der Waals surface area contributed by atoms with E-state index in [4.69, 9.17) is 28.7 Å². The van der Waals surface area contributed by atoms with Gasteiger partial charge in [-0.2, -0.15) is 9.78 Å². The van der Waals surface area contributed by atoms with Gasteiger partial charge in [-0.05, 0) is 59.6 Å². The Kier molecular flexibility index (Phi) is 6.58. The van der Waals surface area contributed by atoms with E-state index in [1.165, 1.54) is 0 Å². The maximum atomic E-state index is 11.6. The Morgan fingerprint density at radius 1 is 1.04 bits per heavy atom. The highest BCUT2D eigenvalue weighted by Crippen LogP contribution is 2.43. The van der Waals surface area contributed by atoms with Gasteiger partial charge >= 0.3 is 6.16 Å². The van der Waals surface area contributed by atoms with Crippen LogP contribution in [0, 0.1) is 0 Å². The minimum atomic E-state index is -1.04. The second-order valence-electron chi connectivity index (χ2n) is 6.83. The highest BCUT2D eigenvalue weighted by Gasteiger charge is 2.58. The number of ether oxygens (including phenoxy) is 4. The number of hydrogen-bond donors (Lipinski definition) is 0. The van der Waals surface area contributed by atoms with Gasteiger partial charge in [-0.25, -0.2) is 4.79 Å². The van der Waals surface area contributed by atoms with E-state index in [-0.39, 0.29) is 0 Å². The maximum Gasteiger partial charge on any atom is 0.511 e. The molecule has 1 aliphatic heterocycles. The molecule has 7 nitrogen and oxygen atoms in total. The molecule has 0 N–H and O–H groups in total. The Labute approximate surface area is 143 Å². The van der Waals surface area contributed by atoms with Crippen LogP contribution in [-0.2, 0) is 28.7 Å². The van der Waals surface area contributed by atoms with E-state index in [0.717, 1.165) is 0 Å². The highest BCUT2D eigenvalue weighted by molar-refractivity contribution is 5.60. The Morgan fingerprint density at radius 3 is 1.96 bits per heavy atom. The van der Waals surface area contributed by atoms with Crippen molar-refractivity contribution in [2.24, 2.45) is 0 Å². The quantitative estimate of drug-likeness (QED) is 0.217. The Morgan fingerprint density at radius 2 is 1.58 bits per heavy atom. The first-order valence-electron chi connectivity index (χ1n) is 7.76.